The van der Waals surface area contributed by atoms with Crippen molar-refractivity contribution < 1.29 is 9.52 Å². The molecular weight excluding hydrogens is 188 g/mol. The molecule has 1 aromatic rings. The molecule has 0 aromatic carbocycles. The minimum Gasteiger partial charge on any atom is -0.466 e. The quantitative estimate of drug-likeness (QED) is 0.825. The van der Waals surface area contributed by atoms with Gasteiger partial charge in [0.1, 0.15) is 11.5 Å². The lowest BCUT2D eigenvalue weighted by atomic mass is 9.89. The van der Waals surface area contributed by atoms with Crippen molar-refractivity contribution in [2.75, 3.05) is 6.61 Å². The smallest absolute Gasteiger partial charge is 0.107 e. The van der Waals surface area contributed by atoms with Crippen LogP contribution in [0.15, 0.2) is 16.5 Å². The summed E-state index contributed by atoms with van der Waals surface area (Å²) in [5, 5.41) is 9.18. The molecule has 0 saturated heterocycles. The van der Waals surface area contributed by atoms with Crippen LogP contribution in [0.1, 0.15) is 44.6 Å². The van der Waals surface area contributed by atoms with Crippen molar-refractivity contribution in [2.24, 2.45) is 11.3 Å². The van der Waals surface area contributed by atoms with Gasteiger partial charge >= 0.3 is 0 Å². The highest BCUT2D eigenvalue weighted by atomic mass is 16.3. The summed E-state index contributed by atoms with van der Waals surface area (Å²) in [4.78, 5) is 0. The average Bonchev–Trinajstić information content (AvgIpc) is 2.73. The van der Waals surface area contributed by atoms with Gasteiger partial charge in [-0.05, 0) is 29.9 Å². The largest absolute Gasteiger partial charge is 0.466 e. The summed E-state index contributed by atoms with van der Waals surface area (Å²) in [5.74, 6) is 3.57. The first-order valence-corrected chi connectivity index (χ1v) is 5.71. The van der Waals surface area contributed by atoms with Gasteiger partial charge in [-0.25, -0.2) is 0 Å². The lowest BCUT2D eigenvalue weighted by Crippen LogP contribution is -2.19. The minimum atomic E-state index is -0.0791. The van der Waals surface area contributed by atoms with Gasteiger partial charge in [-0.2, -0.15) is 0 Å². The molecule has 1 aliphatic rings. The first kappa shape index (κ1) is 10.7. The summed E-state index contributed by atoms with van der Waals surface area (Å²) in [6, 6.07) is 4.15. The molecule has 0 radical (unpaired) electrons. The van der Waals surface area contributed by atoms with E-state index in [9.17, 15) is 5.11 Å². The molecule has 1 heterocycles. The van der Waals surface area contributed by atoms with E-state index in [2.05, 4.69) is 32.9 Å². The zero-order chi connectivity index (χ0) is 11.1. The fourth-order valence-electron chi connectivity index (χ4n) is 1.93. The first-order chi connectivity index (χ1) is 7.02. The van der Waals surface area contributed by atoms with Crippen LogP contribution >= 0.6 is 0 Å². The lowest BCUT2D eigenvalue weighted by Gasteiger charge is -2.19. The van der Waals surface area contributed by atoms with Gasteiger partial charge in [-0.15, -0.1) is 0 Å². The Labute approximate surface area is 91.3 Å². The van der Waals surface area contributed by atoms with Gasteiger partial charge in [-0.3, -0.25) is 0 Å². The van der Waals surface area contributed by atoms with E-state index in [1.54, 1.807) is 0 Å². The Morgan fingerprint density at radius 3 is 2.67 bits per heavy atom. The molecule has 0 bridgehead atoms. The van der Waals surface area contributed by atoms with Crippen LogP contribution in [0.3, 0.4) is 0 Å². The second-order valence-electron chi connectivity index (χ2n) is 5.62. The molecule has 1 fully saturated rings. The van der Waals surface area contributed by atoms with Crippen LogP contribution in [0.4, 0.5) is 0 Å². The summed E-state index contributed by atoms with van der Waals surface area (Å²) in [6.45, 7) is 6.55. The van der Waals surface area contributed by atoms with Crippen molar-refractivity contribution in [2.45, 2.75) is 39.5 Å². The summed E-state index contributed by atoms with van der Waals surface area (Å²) < 4.78 is 5.80. The predicted molar refractivity (Wildman–Crippen MR) is 59.8 cm³/mol. The fraction of sp³-hybridized carbons (Fsp3) is 0.692. The van der Waals surface area contributed by atoms with Crippen molar-refractivity contribution >= 4 is 0 Å². The lowest BCUT2D eigenvalue weighted by molar-refractivity contribution is 0.152. The Morgan fingerprint density at radius 2 is 2.13 bits per heavy atom. The summed E-state index contributed by atoms with van der Waals surface area (Å²) in [6.07, 6.45) is 2.07. The van der Waals surface area contributed by atoms with E-state index in [4.69, 9.17) is 4.42 Å². The molecule has 2 rings (SSSR count). The zero-order valence-corrected chi connectivity index (χ0v) is 9.79. The van der Waals surface area contributed by atoms with E-state index < -0.39 is 0 Å². The van der Waals surface area contributed by atoms with Gasteiger partial charge in [0.05, 0.1) is 0 Å². The van der Waals surface area contributed by atoms with Gasteiger partial charge in [0, 0.05) is 18.9 Å². The van der Waals surface area contributed by atoms with Gasteiger partial charge in [-0.1, -0.05) is 20.8 Å². The maximum absolute atomic E-state index is 9.18. The molecule has 0 amide bonds. The highest BCUT2D eigenvalue weighted by Crippen LogP contribution is 2.47. The summed E-state index contributed by atoms with van der Waals surface area (Å²) in [7, 11) is 0. The van der Waals surface area contributed by atoms with E-state index in [0.717, 1.165) is 23.9 Å². The van der Waals surface area contributed by atoms with Gasteiger partial charge in [0.15, 0.2) is 0 Å². The molecule has 2 nitrogen and oxygen atoms in total. The van der Waals surface area contributed by atoms with Crippen LogP contribution in [0.25, 0.3) is 0 Å². The number of hydrogen-bond donors (Lipinski definition) is 1. The van der Waals surface area contributed by atoms with Gasteiger partial charge < -0.3 is 9.52 Å². The third-order valence-electron chi connectivity index (χ3n) is 3.24. The van der Waals surface area contributed by atoms with Crippen molar-refractivity contribution in [3.8, 4) is 0 Å². The maximum atomic E-state index is 9.18. The zero-order valence-electron chi connectivity index (χ0n) is 9.79. The van der Waals surface area contributed by atoms with Crippen molar-refractivity contribution in [3.63, 3.8) is 0 Å². The molecule has 84 valence electrons. The molecule has 2 unspecified atom stereocenters. The first-order valence-electron chi connectivity index (χ1n) is 5.71. The van der Waals surface area contributed by atoms with Crippen LogP contribution in [-0.2, 0) is 6.42 Å². The van der Waals surface area contributed by atoms with Crippen LogP contribution in [0, 0.1) is 11.3 Å². The van der Waals surface area contributed by atoms with Crippen LogP contribution in [0.2, 0.25) is 0 Å². The van der Waals surface area contributed by atoms with Crippen molar-refractivity contribution in [3.05, 3.63) is 23.7 Å². The molecule has 15 heavy (non-hydrogen) atoms. The molecule has 1 aliphatic carbocycles. The average molecular weight is 208 g/mol. The van der Waals surface area contributed by atoms with Crippen LogP contribution in [0.5, 0.6) is 0 Å². The van der Waals surface area contributed by atoms with Crippen LogP contribution < -0.4 is 0 Å². The van der Waals surface area contributed by atoms with Crippen molar-refractivity contribution in [1.82, 2.24) is 0 Å². The minimum absolute atomic E-state index is 0.0791. The SMILES string of the molecule is CC1CC1c1ccc(CC(C)(C)CO)o1. The monoisotopic (exact) mass is 208 g/mol. The van der Waals surface area contributed by atoms with E-state index in [1.807, 2.05) is 0 Å². The number of aliphatic hydroxyl groups is 1. The summed E-state index contributed by atoms with van der Waals surface area (Å²) >= 11 is 0. The molecule has 0 aliphatic heterocycles. The third-order valence-corrected chi connectivity index (χ3v) is 3.24. The summed E-state index contributed by atoms with van der Waals surface area (Å²) in [5.41, 5.74) is -0.0791. The second kappa shape index (κ2) is 3.67. The standard InChI is InChI=1S/C13H20O2/c1-9-6-11(9)12-5-4-10(15-12)7-13(2,3)8-14/h4-5,9,11,14H,6-8H2,1-3H3. The molecule has 1 aromatic heterocycles. The van der Waals surface area contributed by atoms with E-state index in [0.29, 0.717) is 5.92 Å². The van der Waals surface area contributed by atoms with E-state index >= 15 is 0 Å². The Morgan fingerprint density at radius 1 is 1.47 bits per heavy atom. The molecular formula is C13H20O2. The number of aliphatic hydroxyl groups excluding tert-OH is 1. The van der Waals surface area contributed by atoms with E-state index in [-0.39, 0.29) is 12.0 Å². The van der Waals surface area contributed by atoms with Gasteiger partial charge in [0.25, 0.3) is 0 Å². The second-order valence-corrected chi connectivity index (χ2v) is 5.62. The Bertz CT molecular complexity index is 338. The Balaban J connectivity index is 2.01. The fourth-order valence-corrected chi connectivity index (χ4v) is 1.93. The predicted octanol–water partition coefficient (Wildman–Crippen LogP) is 2.96. The third kappa shape index (κ3) is 2.43. The molecule has 0 spiro atoms. The van der Waals surface area contributed by atoms with Crippen LogP contribution in [-0.4, -0.2) is 11.7 Å². The van der Waals surface area contributed by atoms with Gasteiger partial charge in [0.2, 0.25) is 0 Å². The normalized spacial score (nSPS) is 25.6. The van der Waals surface area contributed by atoms with Crippen molar-refractivity contribution in [1.29, 1.82) is 0 Å². The molecule has 1 N–H and O–H groups in total. The molecule has 1 saturated carbocycles. The topological polar surface area (TPSA) is 33.4 Å². The Kier molecular flexibility index (Phi) is 2.63. The number of rotatable bonds is 4. The Hall–Kier alpha value is -0.760. The van der Waals surface area contributed by atoms with E-state index in [1.165, 1.54) is 6.42 Å². The number of hydrogen-bond acceptors (Lipinski definition) is 2. The maximum Gasteiger partial charge on any atom is 0.107 e. The number of furan rings is 1. The highest BCUT2D eigenvalue weighted by Gasteiger charge is 2.36. The molecule has 2 heteroatoms. The molecule has 2 atom stereocenters. The highest BCUT2D eigenvalue weighted by molar-refractivity contribution is 5.18.